The van der Waals surface area contributed by atoms with Crippen LogP contribution in [0.3, 0.4) is 0 Å². The molecule has 0 saturated carbocycles. The number of benzene rings is 1. The van der Waals surface area contributed by atoms with Crippen molar-refractivity contribution in [2.24, 2.45) is 0 Å². The second kappa shape index (κ2) is 4.11. The molecule has 4 nitrogen and oxygen atoms in total. The van der Waals surface area contributed by atoms with E-state index < -0.39 is 4.92 Å². The van der Waals surface area contributed by atoms with Crippen molar-refractivity contribution < 1.29 is 10.0 Å². The van der Waals surface area contributed by atoms with Gasteiger partial charge in [-0.2, -0.15) is 0 Å². The Morgan fingerprint density at radius 3 is 2.79 bits per heavy atom. The SMILES string of the molecule is CC(=Cc1ccc(O)c(Cl)c1)[N+](=O)[O-]. The average Bonchev–Trinajstić information content (AvgIpc) is 2.11. The molecular formula is C9H8ClNO3. The molecule has 5 heteroatoms. The topological polar surface area (TPSA) is 63.4 Å². The van der Waals surface area contributed by atoms with E-state index in [1.165, 1.54) is 25.1 Å². The zero-order chi connectivity index (χ0) is 10.7. The van der Waals surface area contributed by atoms with Crippen molar-refractivity contribution in [1.82, 2.24) is 0 Å². The van der Waals surface area contributed by atoms with Gasteiger partial charge in [-0.25, -0.2) is 0 Å². The molecule has 0 saturated heterocycles. The third-order valence-electron chi connectivity index (χ3n) is 1.64. The van der Waals surface area contributed by atoms with Crippen LogP contribution in [0.25, 0.3) is 6.08 Å². The highest BCUT2D eigenvalue weighted by molar-refractivity contribution is 6.32. The van der Waals surface area contributed by atoms with Crippen molar-refractivity contribution in [2.45, 2.75) is 6.92 Å². The lowest BCUT2D eigenvalue weighted by molar-refractivity contribution is -0.422. The molecule has 1 aromatic carbocycles. The van der Waals surface area contributed by atoms with E-state index >= 15 is 0 Å². The predicted octanol–water partition coefficient (Wildman–Crippen LogP) is 2.68. The van der Waals surface area contributed by atoms with Crippen LogP contribution in [0.2, 0.25) is 5.02 Å². The molecule has 0 heterocycles. The number of nitrogens with zero attached hydrogens (tertiary/aromatic N) is 1. The number of hydrogen-bond donors (Lipinski definition) is 1. The first-order valence-electron chi connectivity index (χ1n) is 3.82. The van der Waals surface area contributed by atoms with Gasteiger partial charge in [-0.05, 0) is 17.7 Å². The Morgan fingerprint density at radius 1 is 1.64 bits per heavy atom. The summed E-state index contributed by atoms with van der Waals surface area (Å²) in [5.74, 6) is -0.0393. The quantitative estimate of drug-likeness (QED) is 0.607. The second-order valence-corrected chi connectivity index (χ2v) is 3.16. The molecule has 1 rings (SSSR count). The molecule has 0 atom stereocenters. The van der Waals surface area contributed by atoms with Gasteiger partial charge in [0, 0.05) is 13.0 Å². The first kappa shape index (κ1) is 10.5. The van der Waals surface area contributed by atoms with Gasteiger partial charge in [0.2, 0.25) is 5.70 Å². The molecule has 0 radical (unpaired) electrons. The van der Waals surface area contributed by atoms with Crippen molar-refractivity contribution >= 4 is 17.7 Å². The van der Waals surface area contributed by atoms with E-state index in [-0.39, 0.29) is 16.5 Å². The summed E-state index contributed by atoms with van der Waals surface area (Å²) in [6.45, 7) is 1.39. The first-order valence-corrected chi connectivity index (χ1v) is 4.19. The number of hydrogen-bond acceptors (Lipinski definition) is 3. The number of rotatable bonds is 2. The molecule has 74 valence electrons. The highest BCUT2D eigenvalue weighted by Crippen LogP contribution is 2.24. The van der Waals surface area contributed by atoms with Crippen LogP contribution >= 0.6 is 11.6 Å². The number of phenols is 1. The summed E-state index contributed by atoms with van der Waals surface area (Å²) in [6.07, 6.45) is 1.38. The van der Waals surface area contributed by atoms with E-state index in [0.717, 1.165) is 0 Å². The monoisotopic (exact) mass is 213 g/mol. The van der Waals surface area contributed by atoms with Crippen LogP contribution in [0, 0.1) is 10.1 Å². The largest absolute Gasteiger partial charge is 0.506 e. The summed E-state index contributed by atoms with van der Waals surface area (Å²) in [4.78, 5) is 9.83. The molecule has 14 heavy (non-hydrogen) atoms. The van der Waals surface area contributed by atoms with Gasteiger partial charge in [-0.15, -0.1) is 0 Å². The fraction of sp³-hybridized carbons (Fsp3) is 0.111. The molecule has 0 unspecified atom stereocenters. The minimum atomic E-state index is -0.485. The number of allylic oxidation sites excluding steroid dienone is 1. The van der Waals surface area contributed by atoms with E-state index in [2.05, 4.69) is 0 Å². The van der Waals surface area contributed by atoms with Crippen LogP contribution in [0.4, 0.5) is 0 Å². The second-order valence-electron chi connectivity index (χ2n) is 2.75. The Balaban J connectivity index is 3.04. The summed E-state index contributed by atoms with van der Waals surface area (Å²) in [5, 5.41) is 19.6. The highest BCUT2D eigenvalue weighted by Gasteiger charge is 2.03. The lowest BCUT2D eigenvalue weighted by Gasteiger charge is -1.97. The zero-order valence-corrected chi connectivity index (χ0v) is 8.15. The highest BCUT2D eigenvalue weighted by atomic mass is 35.5. The van der Waals surface area contributed by atoms with Gasteiger partial charge in [0.25, 0.3) is 0 Å². The third kappa shape index (κ3) is 2.47. The maximum atomic E-state index is 10.3. The van der Waals surface area contributed by atoms with Gasteiger partial charge in [0.05, 0.1) is 9.95 Å². The molecule has 0 bridgehead atoms. The third-order valence-corrected chi connectivity index (χ3v) is 1.94. The summed E-state index contributed by atoms with van der Waals surface area (Å²) in [7, 11) is 0. The summed E-state index contributed by atoms with van der Waals surface area (Å²) >= 11 is 5.63. The van der Waals surface area contributed by atoms with Crippen molar-refractivity contribution in [3.63, 3.8) is 0 Å². The molecule has 0 aromatic heterocycles. The number of halogens is 1. The molecule has 0 aliphatic heterocycles. The van der Waals surface area contributed by atoms with Crippen LogP contribution in [0.1, 0.15) is 12.5 Å². The predicted molar refractivity (Wildman–Crippen MR) is 53.8 cm³/mol. The molecule has 0 fully saturated rings. The van der Waals surface area contributed by atoms with Crippen LogP contribution in [0.15, 0.2) is 23.9 Å². The van der Waals surface area contributed by atoms with E-state index in [4.69, 9.17) is 16.7 Å². The summed E-state index contributed by atoms with van der Waals surface area (Å²) < 4.78 is 0. The Bertz CT molecular complexity index is 401. The minimum Gasteiger partial charge on any atom is -0.506 e. The Morgan fingerprint density at radius 2 is 2.29 bits per heavy atom. The van der Waals surface area contributed by atoms with E-state index in [0.29, 0.717) is 5.56 Å². The minimum absolute atomic E-state index is 0.0201. The molecule has 1 aromatic rings. The van der Waals surface area contributed by atoms with Crippen LogP contribution in [-0.2, 0) is 0 Å². The van der Waals surface area contributed by atoms with Gasteiger partial charge < -0.3 is 5.11 Å². The van der Waals surface area contributed by atoms with Crippen molar-refractivity contribution in [3.8, 4) is 5.75 Å². The zero-order valence-electron chi connectivity index (χ0n) is 7.40. The molecule has 0 amide bonds. The maximum Gasteiger partial charge on any atom is 0.243 e. The van der Waals surface area contributed by atoms with E-state index in [1.54, 1.807) is 6.07 Å². The van der Waals surface area contributed by atoms with Crippen LogP contribution in [-0.4, -0.2) is 10.0 Å². The normalized spacial score (nSPS) is 11.4. The van der Waals surface area contributed by atoms with E-state index in [9.17, 15) is 10.1 Å². The Hall–Kier alpha value is -1.55. The standard InChI is InChI=1S/C9H8ClNO3/c1-6(11(13)14)4-7-2-3-9(12)8(10)5-7/h2-5,12H,1H3. The fourth-order valence-corrected chi connectivity index (χ4v) is 1.10. The van der Waals surface area contributed by atoms with Crippen molar-refractivity contribution in [2.75, 3.05) is 0 Å². The molecule has 0 aliphatic carbocycles. The van der Waals surface area contributed by atoms with Gasteiger partial charge in [-0.3, -0.25) is 10.1 Å². The number of aromatic hydroxyl groups is 1. The van der Waals surface area contributed by atoms with Gasteiger partial charge in [-0.1, -0.05) is 17.7 Å². The molecule has 0 aliphatic rings. The number of phenolic OH excluding ortho intramolecular Hbond substituents is 1. The summed E-state index contributed by atoms with van der Waals surface area (Å²) in [6, 6.07) is 4.40. The van der Waals surface area contributed by atoms with Crippen LogP contribution in [0.5, 0.6) is 5.75 Å². The van der Waals surface area contributed by atoms with Gasteiger partial charge in [0.1, 0.15) is 5.75 Å². The Labute approximate surface area is 85.6 Å². The van der Waals surface area contributed by atoms with E-state index in [1.807, 2.05) is 0 Å². The van der Waals surface area contributed by atoms with Crippen molar-refractivity contribution in [3.05, 3.63) is 44.6 Å². The van der Waals surface area contributed by atoms with Crippen LogP contribution < -0.4 is 0 Å². The smallest absolute Gasteiger partial charge is 0.243 e. The van der Waals surface area contributed by atoms with Crippen molar-refractivity contribution in [1.29, 1.82) is 0 Å². The molecule has 0 spiro atoms. The fourth-order valence-electron chi connectivity index (χ4n) is 0.907. The lowest BCUT2D eigenvalue weighted by Crippen LogP contribution is -1.92. The van der Waals surface area contributed by atoms with Gasteiger partial charge >= 0.3 is 0 Å². The maximum absolute atomic E-state index is 10.3. The molecular weight excluding hydrogens is 206 g/mol. The number of nitro groups is 1. The average molecular weight is 214 g/mol. The summed E-state index contributed by atoms with van der Waals surface area (Å²) in [5.41, 5.74) is 0.605. The van der Waals surface area contributed by atoms with Gasteiger partial charge in [0.15, 0.2) is 0 Å². The lowest BCUT2D eigenvalue weighted by atomic mass is 10.2. The Kier molecular flexibility index (Phi) is 3.09. The molecule has 1 N–H and O–H groups in total. The first-order chi connectivity index (χ1) is 6.50.